The zero-order valence-electron chi connectivity index (χ0n) is 20.4. The van der Waals surface area contributed by atoms with Crippen molar-refractivity contribution in [1.29, 1.82) is 0 Å². The predicted octanol–water partition coefficient (Wildman–Crippen LogP) is 4.59. The molecule has 0 saturated carbocycles. The molecule has 1 atom stereocenters. The van der Waals surface area contributed by atoms with E-state index in [1.807, 2.05) is 56.3 Å². The lowest BCUT2D eigenvalue weighted by molar-refractivity contribution is -0.113. The van der Waals surface area contributed by atoms with Gasteiger partial charge in [-0.2, -0.15) is 4.98 Å². The predicted molar refractivity (Wildman–Crippen MR) is 137 cm³/mol. The van der Waals surface area contributed by atoms with Crippen LogP contribution in [0.2, 0.25) is 0 Å². The summed E-state index contributed by atoms with van der Waals surface area (Å²) in [6.07, 6.45) is 3.25. The van der Waals surface area contributed by atoms with Crippen molar-refractivity contribution in [3.8, 4) is 22.9 Å². The molecule has 3 heterocycles. The van der Waals surface area contributed by atoms with Crippen LogP contribution in [0.1, 0.15) is 24.1 Å². The number of allylic oxidation sites excluding steroid dienone is 1. The van der Waals surface area contributed by atoms with Gasteiger partial charge in [-0.1, -0.05) is 36.4 Å². The highest BCUT2D eigenvalue weighted by Crippen LogP contribution is 2.43. The number of hydrogen-bond donors (Lipinski definition) is 2. The summed E-state index contributed by atoms with van der Waals surface area (Å²) < 4.78 is 13.0. The van der Waals surface area contributed by atoms with E-state index in [2.05, 4.69) is 15.6 Å². The number of anilines is 2. The summed E-state index contributed by atoms with van der Waals surface area (Å²) in [5, 5.41) is 11.1. The van der Waals surface area contributed by atoms with Crippen LogP contribution in [0.4, 0.5) is 11.6 Å². The lowest BCUT2D eigenvalue weighted by Gasteiger charge is -2.29. The molecule has 2 aromatic carbocycles. The van der Waals surface area contributed by atoms with Crippen LogP contribution >= 0.6 is 0 Å². The Morgan fingerprint density at radius 3 is 2.58 bits per heavy atom. The number of hydrogen-bond acceptors (Lipinski definition) is 7. The Labute approximate surface area is 208 Å². The number of methoxy groups -OCH3 is 2. The van der Waals surface area contributed by atoms with E-state index in [0.717, 1.165) is 16.7 Å². The standard InChI is InChI=1S/C27H26N6O3/c1-16-9-5-6-11-19(16)25-31-27-29-17(2)22(26(34)30-18-10-8-14-28-15-18)23(33(27)32-25)20-12-7-13-21(35-3)24(20)36-4/h5-15,23H,1-4H3,(H,30,34)(H,29,31,32). The molecule has 1 amide bonds. The van der Waals surface area contributed by atoms with Crippen molar-refractivity contribution in [2.75, 3.05) is 24.9 Å². The highest BCUT2D eigenvalue weighted by atomic mass is 16.5. The number of nitrogens with zero attached hydrogens (tertiary/aromatic N) is 4. The third-order valence-corrected chi connectivity index (χ3v) is 6.13. The van der Waals surface area contributed by atoms with Crippen LogP contribution in [0.15, 0.2) is 78.3 Å². The molecule has 9 heteroatoms. The van der Waals surface area contributed by atoms with Gasteiger partial charge in [0, 0.05) is 23.0 Å². The number of rotatable bonds is 6. The second kappa shape index (κ2) is 9.53. The summed E-state index contributed by atoms with van der Waals surface area (Å²) in [5.74, 6) is 1.87. The number of para-hydroxylation sites is 1. The summed E-state index contributed by atoms with van der Waals surface area (Å²) in [7, 11) is 3.16. The van der Waals surface area contributed by atoms with Crippen LogP contribution in [-0.2, 0) is 4.79 Å². The lowest BCUT2D eigenvalue weighted by atomic mass is 9.94. The van der Waals surface area contributed by atoms with Crippen molar-refractivity contribution in [3.05, 3.63) is 89.4 Å². The normalized spacial score (nSPS) is 14.6. The van der Waals surface area contributed by atoms with Crippen molar-refractivity contribution >= 4 is 17.5 Å². The minimum absolute atomic E-state index is 0.290. The molecule has 182 valence electrons. The van der Waals surface area contributed by atoms with Crippen LogP contribution in [0, 0.1) is 6.92 Å². The number of benzene rings is 2. The molecule has 1 aliphatic heterocycles. The monoisotopic (exact) mass is 482 g/mol. The molecular weight excluding hydrogens is 456 g/mol. The van der Waals surface area contributed by atoms with Crippen LogP contribution in [0.5, 0.6) is 11.5 Å². The van der Waals surface area contributed by atoms with Gasteiger partial charge in [-0.3, -0.25) is 9.78 Å². The topological polar surface area (TPSA) is 103 Å². The second-order valence-electron chi connectivity index (χ2n) is 8.36. The van der Waals surface area contributed by atoms with E-state index in [1.54, 1.807) is 43.4 Å². The van der Waals surface area contributed by atoms with E-state index in [1.165, 1.54) is 0 Å². The van der Waals surface area contributed by atoms with E-state index in [-0.39, 0.29) is 5.91 Å². The van der Waals surface area contributed by atoms with Crippen molar-refractivity contribution < 1.29 is 14.3 Å². The first-order valence-corrected chi connectivity index (χ1v) is 11.4. The summed E-state index contributed by atoms with van der Waals surface area (Å²) in [6, 6.07) is 16.4. The SMILES string of the molecule is COc1cccc(C2C(C(=O)Nc3cccnc3)=C(C)Nc3nc(-c4ccccc4C)nn32)c1OC. The van der Waals surface area contributed by atoms with E-state index in [4.69, 9.17) is 19.6 Å². The smallest absolute Gasteiger partial charge is 0.255 e. The molecule has 4 aromatic rings. The van der Waals surface area contributed by atoms with Gasteiger partial charge >= 0.3 is 0 Å². The van der Waals surface area contributed by atoms with Gasteiger partial charge in [-0.05, 0) is 37.6 Å². The average molecular weight is 483 g/mol. The number of carbonyl (C=O) groups excluding carboxylic acids is 1. The number of aromatic nitrogens is 4. The molecule has 1 aliphatic rings. The minimum atomic E-state index is -0.631. The molecule has 0 spiro atoms. The zero-order chi connectivity index (χ0) is 25.2. The third-order valence-electron chi connectivity index (χ3n) is 6.13. The van der Waals surface area contributed by atoms with Crippen LogP contribution in [-0.4, -0.2) is 39.9 Å². The molecule has 5 rings (SSSR count). The van der Waals surface area contributed by atoms with Gasteiger partial charge in [-0.15, -0.1) is 5.10 Å². The fraction of sp³-hybridized carbons (Fsp3) is 0.185. The van der Waals surface area contributed by atoms with Crippen LogP contribution in [0.3, 0.4) is 0 Å². The van der Waals surface area contributed by atoms with E-state index >= 15 is 0 Å². The minimum Gasteiger partial charge on any atom is -0.493 e. The molecule has 9 nitrogen and oxygen atoms in total. The number of amides is 1. The Morgan fingerprint density at radius 1 is 1.03 bits per heavy atom. The molecule has 0 fully saturated rings. The number of nitrogens with one attached hydrogen (secondary N) is 2. The molecule has 2 aromatic heterocycles. The molecule has 2 N–H and O–H groups in total. The molecule has 0 aliphatic carbocycles. The maximum atomic E-state index is 13.7. The molecule has 0 saturated heterocycles. The van der Waals surface area contributed by atoms with Crippen molar-refractivity contribution in [1.82, 2.24) is 19.7 Å². The fourth-order valence-electron chi connectivity index (χ4n) is 4.43. The quantitative estimate of drug-likeness (QED) is 0.414. The molecule has 0 radical (unpaired) electrons. The van der Waals surface area contributed by atoms with Crippen molar-refractivity contribution in [2.24, 2.45) is 0 Å². The first-order chi connectivity index (χ1) is 17.5. The zero-order valence-corrected chi connectivity index (χ0v) is 20.4. The average Bonchev–Trinajstić information content (AvgIpc) is 3.31. The summed E-state index contributed by atoms with van der Waals surface area (Å²) in [5.41, 5.74) is 4.40. The van der Waals surface area contributed by atoms with Gasteiger partial charge < -0.3 is 20.1 Å². The third kappa shape index (κ3) is 4.04. The van der Waals surface area contributed by atoms with Gasteiger partial charge in [0.25, 0.3) is 5.91 Å². The van der Waals surface area contributed by atoms with Crippen molar-refractivity contribution in [2.45, 2.75) is 19.9 Å². The van der Waals surface area contributed by atoms with E-state index in [9.17, 15) is 4.79 Å². The summed E-state index contributed by atoms with van der Waals surface area (Å²) in [6.45, 7) is 3.87. The Bertz CT molecular complexity index is 1460. The van der Waals surface area contributed by atoms with E-state index in [0.29, 0.717) is 40.2 Å². The number of ether oxygens (including phenoxy) is 2. The van der Waals surface area contributed by atoms with Crippen LogP contribution < -0.4 is 20.1 Å². The van der Waals surface area contributed by atoms with Gasteiger partial charge in [-0.25, -0.2) is 4.68 Å². The molecule has 36 heavy (non-hydrogen) atoms. The Morgan fingerprint density at radius 2 is 1.86 bits per heavy atom. The Kier molecular flexibility index (Phi) is 6.12. The maximum Gasteiger partial charge on any atom is 0.255 e. The maximum absolute atomic E-state index is 13.7. The highest BCUT2D eigenvalue weighted by molar-refractivity contribution is 6.06. The number of pyridine rings is 1. The fourth-order valence-corrected chi connectivity index (χ4v) is 4.43. The number of fused-ring (bicyclic) bond motifs is 1. The summed E-state index contributed by atoms with van der Waals surface area (Å²) >= 11 is 0. The Balaban J connectivity index is 1.68. The second-order valence-corrected chi connectivity index (χ2v) is 8.36. The van der Waals surface area contributed by atoms with Gasteiger partial charge in [0.05, 0.1) is 31.7 Å². The largest absolute Gasteiger partial charge is 0.493 e. The van der Waals surface area contributed by atoms with Gasteiger partial charge in [0.1, 0.15) is 6.04 Å². The van der Waals surface area contributed by atoms with E-state index < -0.39 is 6.04 Å². The van der Waals surface area contributed by atoms with Crippen molar-refractivity contribution in [3.63, 3.8) is 0 Å². The first-order valence-electron chi connectivity index (χ1n) is 11.4. The van der Waals surface area contributed by atoms with Crippen LogP contribution in [0.25, 0.3) is 11.4 Å². The first kappa shape index (κ1) is 23.1. The molecule has 1 unspecified atom stereocenters. The highest BCUT2D eigenvalue weighted by Gasteiger charge is 2.37. The molecule has 0 bridgehead atoms. The molecular formula is C27H26N6O3. The van der Waals surface area contributed by atoms with Gasteiger partial charge in [0.2, 0.25) is 5.95 Å². The summed E-state index contributed by atoms with van der Waals surface area (Å²) in [4.78, 5) is 22.6. The number of carbonyl (C=O) groups is 1. The lowest BCUT2D eigenvalue weighted by Crippen LogP contribution is -2.31. The number of aryl methyl sites for hydroxylation is 1. The Hall–Kier alpha value is -4.66. The van der Waals surface area contributed by atoms with Gasteiger partial charge in [0.15, 0.2) is 17.3 Å².